The minimum Gasteiger partial charge on any atom is -0.496 e. The number of hydrogen-bond donors (Lipinski definition) is 0. The van der Waals surface area contributed by atoms with E-state index in [9.17, 15) is 0 Å². The van der Waals surface area contributed by atoms with Crippen LogP contribution in [0.3, 0.4) is 0 Å². The largest absolute Gasteiger partial charge is 0.496 e. The first kappa shape index (κ1) is 17.3. The lowest BCUT2D eigenvalue weighted by Crippen LogP contribution is -2.05. The maximum atomic E-state index is 6.47. The van der Waals surface area contributed by atoms with Crippen LogP contribution in [-0.4, -0.2) is 7.11 Å². The van der Waals surface area contributed by atoms with Crippen molar-refractivity contribution in [1.82, 2.24) is 0 Å². The normalized spacial score (nSPS) is 12.4. The van der Waals surface area contributed by atoms with Crippen LogP contribution in [0.4, 0.5) is 0 Å². The van der Waals surface area contributed by atoms with E-state index < -0.39 is 0 Å². The molecule has 0 unspecified atom stereocenters. The predicted octanol–water partition coefficient (Wildman–Crippen LogP) is 6.71. The van der Waals surface area contributed by atoms with Gasteiger partial charge in [0.2, 0.25) is 0 Å². The second-order valence-electron chi connectivity index (χ2n) is 6.94. The van der Waals surface area contributed by atoms with Gasteiger partial charge in [-0.05, 0) is 28.7 Å². The fraction of sp³-hybridized carbons (Fsp3) is 0.0370. The highest BCUT2D eigenvalue weighted by molar-refractivity contribution is 5.98. The summed E-state index contributed by atoms with van der Waals surface area (Å²) in [5.74, 6) is 2.45. The molecule has 0 bridgehead atoms. The summed E-state index contributed by atoms with van der Waals surface area (Å²) in [7, 11) is 1.70. The number of rotatable bonds is 3. The third-order valence-electron chi connectivity index (χ3n) is 5.22. The Labute approximate surface area is 170 Å². The number of fused-ring (bicyclic) bond motifs is 3. The molecule has 0 atom stereocenters. The van der Waals surface area contributed by atoms with Gasteiger partial charge < -0.3 is 9.47 Å². The molecule has 29 heavy (non-hydrogen) atoms. The summed E-state index contributed by atoms with van der Waals surface area (Å²) in [6.45, 7) is 0. The predicted molar refractivity (Wildman–Crippen MR) is 119 cm³/mol. The quantitative estimate of drug-likeness (QED) is 0.395. The second-order valence-corrected chi connectivity index (χ2v) is 6.94. The molecule has 5 rings (SSSR count). The molecule has 4 aromatic carbocycles. The molecule has 0 fully saturated rings. The van der Waals surface area contributed by atoms with E-state index in [1.807, 2.05) is 30.3 Å². The molecular weight excluding hydrogens is 356 g/mol. The van der Waals surface area contributed by atoms with E-state index in [1.165, 1.54) is 0 Å². The zero-order valence-corrected chi connectivity index (χ0v) is 16.1. The first-order chi connectivity index (χ1) is 14.3. The van der Waals surface area contributed by atoms with Crippen LogP contribution >= 0.6 is 0 Å². The molecule has 0 aliphatic carbocycles. The second kappa shape index (κ2) is 7.33. The van der Waals surface area contributed by atoms with Crippen LogP contribution in [0.1, 0.15) is 16.7 Å². The molecular formula is C27H20O2. The Kier molecular flexibility index (Phi) is 4.38. The summed E-state index contributed by atoms with van der Waals surface area (Å²) in [6, 6.07) is 31.0. The van der Waals surface area contributed by atoms with Crippen molar-refractivity contribution >= 4 is 22.4 Å². The molecule has 2 heteroatoms. The third-order valence-corrected chi connectivity index (χ3v) is 5.22. The average molecular weight is 376 g/mol. The molecule has 4 aromatic rings. The van der Waals surface area contributed by atoms with E-state index >= 15 is 0 Å². The fourth-order valence-corrected chi connectivity index (χ4v) is 3.87. The van der Waals surface area contributed by atoms with Crippen LogP contribution in [0.2, 0.25) is 0 Å². The van der Waals surface area contributed by atoms with Crippen LogP contribution < -0.4 is 9.47 Å². The van der Waals surface area contributed by atoms with Crippen molar-refractivity contribution in [2.75, 3.05) is 7.11 Å². The molecule has 2 nitrogen and oxygen atoms in total. The van der Waals surface area contributed by atoms with Gasteiger partial charge in [0, 0.05) is 22.6 Å². The minimum absolute atomic E-state index is 0.808. The van der Waals surface area contributed by atoms with Gasteiger partial charge in [0.15, 0.2) is 0 Å². The van der Waals surface area contributed by atoms with E-state index in [4.69, 9.17) is 9.47 Å². The number of hydrogen-bond acceptors (Lipinski definition) is 2. The number of benzene rings is 4. The molecule has 0 N–H and O–H groups in total. The SMILES string of the molecule is COc1cc2c(c3ccccc13)C=CC(=C(c1ccccc1)c1ccccc1)O2. The van der Waals surface area contributed by atoms with E-state index in [-0.39, 0.29) is 0 Å². The highest BCUT2D eigenvalue weighted by Crippen LogP contribution is 2.41. The van der Waals surface area contributed by atoms with Gasteiger partial charge in [0.05, 0.1) is 7.11 Å². The monoisotopic (exact) mass is 376 g/mol. The number of allylic oxidation sites excluding steroid dienone is 1. The van der Waals surface area contributed by atoms with Crippen LogP contribution in [0, 0.1) is 0 Å². The lowest BCUT2D eigenvalue weighted by Gasteiger charge is -2.21. The summed E-state index contributed by atoms with van der Waals surface area (Å²) in [5, 5.41) is 2.21. The molecule has 1 heterocycles. The maximum absolute atomic E-state index is 6.47. The average Bonchev–Trinajstić information content (AvgIpc) is 2.80. The Morgan fingerprint density at radius 1 is 0.690 bits per heavy atom. The molecule has 0 amide bonds. The van der Waals surface area contributed by atoms with E-state index in [1.54, 1.807) is 7.11 Å². The van der Waals surface area contributed by atoms with Gasteiger partial charge in [0.25, 0.3) is 0 Å². The van der Waals surface area contributed by atoms with E-state index in [2.05, 4.69) is 72.8 Å². The first-order valence-electron chi connectivity index (χ1n) is 9.66. The van der Waals surface area contributed by atoms with Gasteiger partial charge in [-0.25, -0.2) is 0 Å². The van der Waals surface area contributed by atoms with Gasteiger partial charge >= 0.3 is 0 Å². The Morgan fingerprint density at radius 3 is 1.90 bits per heavy atom. The Bertz CT molecular complexity index is 1190. The highest BCUT2D eigenvalue weighted by atomic mass is 16.5. The standard InChI is InChI=1S/C27H20O2/c1-28-25-18-26-23(21-14-8-9-15-22(21)25)16-17-24(29-26)27(19-10-4-2-5-11-19)20-12-6-3-7-13-20/h2-18H,1H3. The molecule has 0 radical (unpaired) electrons. The molecule has 140 valence electrons. The van der Waals surface area contributed by atoms with Gasteiger partial charge in [-0.15, -0.1) is 0 Å². The summed E-state index contributed by atoms with van der Waals surface area (Å²) >= 11 is 0. The molecule has 0 spiro atoms. The molecule has 0 aromatic heterocycles. The Hall–Kier alpha value is -3.78. The van der Waals surface area contributed by atoms with E-state index in [0.717, 1.165) is 50.3 Å². The van der Waals surface area contributed by atoms with Gasteiger partial charge in [0.1, 0.15) is 17.3 Å². The maximum Gasteiger partial charge on any atom is 0.139 e. The van der Waals surface area contributed by atoms with Crippen LogP contribution in [0.5, 0.6) is 11.5 Å². The van der Waals surface area contributed by atoms with E-state index in [0.29, 0.717) is 0 Å². The molecule has 0 saturated carbocycles. The fourth-order valence-electron chi connectivity index (χ4n) is 3.87. The Balaban J connectivity index is 1.73. The summed E-state index contributed by atoms with van der Waals surface area (Å²) < 4.78 is 12.1. The van der Waals surface area contributed by atoms with Crippen LogP contribution in [0.25, 0.3) is 22.4 Å². The zero-order valence-electron chi connectivity index (χ0n) is 16.1. The molecule has 0 saturated heterocycles. The first-order valence-corrected chi connectivity index (χ1v) is 9.66. The molecule has 1 aliphatic rings. The number of methoxy groups -OCH3 is 1. The third kappa shape index (κ3) is 3.09. The lowest BCUT2D eigenvalue weighted by molar-refractivity contribution is 0.408. The van der Waals surface area contributed by atoms with Crippen LogP contribution in [-0.2, 0) is 0 Å². The van der Waals surface area contributed by atoms with Gasteiger partial charge in [-0.2, -0.15) is 0 Å². The van der Waals surface area contributed by atoms with Crippen molar-refractivity contribution in [3.05, 3.63) is 120 Å². The van der Waals surface area contributed by atoms with Crippen molar-refractivity contribution in [3.63, 3.8) is 0 Å². The van der Waals surface area contributed by atoms with Gasteiger partial charge in [-0.1, -0.05) is 84.9 Å². The van der Waals surface area contributed by atoms with Crippen molar-refractivity contribution in [2.24, 2.45) is 0 Å². The Morgan fingerprint density at radius 2 is 1.28 bits per heavy atom. The van der Waals surface area contributed by atoms with Crippen LogP contribution in [0.15, 0.2) is 103 Å². The van der Waals surface area contributed by atoms with Crippen molar-refractivity contribution in [3.8, 4) is 11.5 Å². The van der Waals surface area contributed by atoms with Crippen molar-refractivity contribution in [2.45, 2.75) is 0 Å². The zero-order chi connectivity index (χ0) is 19.6. The van der Waals surface area contributed by atoms with Crippen molar-refractivity contribution < 1.29 is 9.47 Å². The molecule has 1 aliphatic heterocycles. The smallest absolute Gasteiger partial charge is 0.139 e. The highest BCUT2D eigenvalue weighted by Gasteiger charge is 2.20. The summed E-state index contributed by atoms with van der Waals surface area (Å²) in [4.78, 5) is 0. The number of ether oxygens (including phenoxy) is 2. The van der Waals surface area contributed by atoms with Crippen molar-refractivity contribution in [1.29, 1.82) is 0 Å². The summed E-state index contributed by atoms with van der Waals surface area (Å²) in [5.41, 5.74) is 4.38. The lowest BCUT2D eigenvalue weighted by atomic mass is 9.94. The minimum atomic E-state index is 0.808. The summed E-state index contributed by atoms with van der Waals surface area (Å²) in [6.07, 6.45) is 4.21. The topological polar surface area (TPSA) is 18.5 Å². The van der Waals surface area contributed by atoms with Gasteiger partial charge in [-0.3, -0.25) is 0 Å².